The van der Waals surface area contributed by atoms with Crippen molar-refractivity contribution in [2.75, 3.05) is 0 Å². The Kier molecular flexibility index (Phi) is 6.32. The van der Waals surface area contributed by atoms with E-state index in [0.717, 1.165) is 39.7 Å². The first kappa shape index (κ1) is 22.1. The van der Waals surface area contributed by atoms with E-state index in [-0.39, 0.29) is 5.91 Å². The molecule has 0 atom stereocenters. The minimum absolute atomic E-state index is 0.239. The third kappa shape index (κ3) is 4.41. The van der Waals surface area contributed by atoms with E-state index in [0.29, 0.717) is 5.56 Å². The first-order valence-corrected chi connectivity index (χ1v) is 11.5. The molecule has 0 radical (unpaired) electrons. The number of hydrogen-bond acceptors (Lipinski definition) is 2. The van der Waals surface area contributed by atoms with Crippen molar-refractivity contribution in [1.29, 1.82) is 0 Å². The largest absolute Gasteiger partial charge is 0.318 e. The lowest BCUT2D eigenvalue weighted by atomic mass is 10.2. The number of aromatic nitrogens is 2. The van der Waals surface area contributed by atoms with Crippen LogP contribution in [0.3, 0.4) is 0 Å². The van der Waals surface area contributed by atoms with E-state index in [2.05, 4.69) is 112 Å². The second kappa shape index (κ2) is 9.16. The number of hydrogen-bond donors (Lipinski definition) is 1. The fraction of sp³-hybridized carbons (Fsp3) is 0.154. The quantitative estimate of drug-likeness (QED) is 0.194. The van der Waals surface area contributed by atoms with E-state index in [4.69, 9.17) is 0 Å². The Hall–Kier alpha value is -3.13. The minimum atomic E-state index is -0.239. The molecule has 0 saturated carbocycles. The van der Waals surface area contributed by atoms with Crippen molar-refractivity contribution in [1.82, 2.24) is 14.6 Å². The third-order valence-corrected chi connectivity index (χ3v) is 6.28. The predicted octanol–water partition coefficient (Wildman–Crippen LogP) is 5.87. The number of aryl methyl sites for hydroxylation is 3. The molecule has 32 heavy (non-hydrogen) atoms. The Morgan fingerprint density at radius 3 is 2.22 bits per heavy atom. The van der Waals surface area contributed by atoms with E-state index < -0.39 is 0 Å². The summed E-state index contributed by atoms with van der Waals surface area (Å²) in [4.78, 5) is 12.7. The van der Waals surface area contributed by atoms with Gasteiger partial charge in [-0.2, -0.15) is 5.10 Å². The lowest BCUT2D eigenvalue weighted by Gasteiger charge is -2.10. The molecule has 0 spiro atoms. The fourth-order valence-electron chi connectivity index (χ4n) is 3.99. The smallest absolute Gasteiger partial charge is 0.271 e. The highest BCUT2D eigenvalue weighted by atomic mass is 127. The molecule has 0 aliphatic carbocycles. The van der Waals surface area contributed by atoms with Crippen molar-refractivity contribution < 1.29 is 4.79 Å². The number of rotatable bonds is 5. The maximum absolute atomic E-state index is 12.7. The van der Waals surface area contributed by atoms with Gasteiger partial charge < -0.3 is 9.13 Å². The second-order valence-corrected chi connectivity index (χ2v) is 9.08. The number of carbonyl (C=O) groups excluding carboxylic acids is 1. The summed E-state index contributed by atoms with van der Waals surface area (Å²) in [6.07, 6.45) is 1.70. The van der Waals surface area contributed by atoms with Crippen molar-refractivity contribution in [3.05, 3.63) is 104 Å². The van der Waals surface area contributed by atoms with Crippen LogP contribution in [0, 0.1) is 31.3 Å². The Bertz CT molecular complexity index is 1290. The van der Waals surface area contributed by atoms with Crippen LogP contribution in [0.4, 0.5) is 0 Å². The first-order valence-electron chi connectivity index (χ1n) is 10.4. The number of nitrogens with one attached hydrogen (secondary N) is 1. The SMILES string of the molecule is Cc1ccc(C)n1-c1cccc(C(=O)NN=Cc2cc(C)n(-c3ccc(I)cc3)c2C)c1. The minimum Gasteiger partial charge on any atom is -0.318 e. The summed E-state index contributed by atoms with van der Waals surface area (Å²) in [5.41, 5.74) is 10.7. The van der Waals surface area contributed by atoms with Crippen LogP contribution in [-0.4, -0.2) is 21.3 Å². The molecule has 0 fully saturated rings. The highest BCUT2D eigenvalue weighted by Crippen LogP contribution is 2.21. The van der Waals surface area contributed by atoms with Crippen LogP contribution in [0.25, 0.3) is 11.4 Å². The Morgan fingerprint density at radius 2 is 1.53 bits per heavy atom. The highest BCUT2D eigenvalue weighted by Gasteiger charge is 2.11. The zero-order chi connectivity index (χ0) is 22.8. The van der Waals surface area contributed by atoms with Gasteiger partial charge in [0, 0.05) is 48.8 Å². The van der Waals surface area contributed by atoms with Crippen molar-refractivity contribution >= 4 is 34.7 Å². The van der Waals surface area contributed by atoms with E-state index in [1.165, 1.54) is 3.57 Å². The zero-order valence-corrected chi connectivity index (χ0v) is 20.7. The van der Waals surface area contributed by atoms with Gasteiger partial charge in [0.15, 0.2) is 0 Å². The maximum Gasteiger partial charge on any atom is 0.271 e. The van der Waals surface area contributed by atoms with Crippen LogP contribution >= 0.6 is 22.6 Å². The summed E-state index contributed by atoms with van der Waals surface area (Å²) in [6, 6.07) is 22.2. The van der Waals surface area contributed by atoms with Gasteiger partial charge in [-0.25, -0.2) is 5.43 Å². The molecule has 2 heterocycles. The molecular formula is C26H25IN4O. The molecular weight excluding hydrogens is 511 g/mol. The van der Waals surface area contributed by atoms with Gasteiger partial charge in [0.1, 0.15) is 0 Å². The summed E-state index contributed by atoms with van der Waals surface area (Å²) >= 11 is 2.30. The summed E-state index contributed by atoms with van der Waals surface area (Å²) < 4.78 is 5.51. The molecule has 0 aliphatic rings. The average molecular weight is 536 g/mol. The Morgan fingerprint density at radius 1 is 0.844 bits per heavy atom. The van der Waals surface area contributed by atoms with Crippen molar-refractivity contribution in [2.45, 2.75) is 27.7 Å². The number of halogens is 1. The van der Waals surface area contributed by atoms with E-state index in [1.807, 2.05) is 18.2 Å². The second-order valence-electron chi connectivity index (χ2n) is 7.84. The lowest BCUT2D eigenvalue weighted by Crippen LogP contribution is -2.18. The monoisotopic (exact) mass is 536 g/mol. The summed E-state index contributed by atoms with van der Waals surface area (Å²) in [5, 5.41) is 4.22. The standard InChI is InChI=1S/C26H25IN4O/c1-17-8-9-18(2)30(17)25-7-5-6-21(15-25)26(32)29-28-16-22-14-19(3)31(20(22)4)24-12-10-23(27)11-13-24/h5-16H,1-4H3,(H,29,32). The van der Waals surface area contributed by atoms with Gasteiger partial charge in [-0.1, -0.05) is 6.07 Å². The lowest BCUT2D eigenvalue weighted by molar-refractivity contribution is 0.0955. The molecule has 5 nitrogen and oxygen atoms in total. The van der Waals surface area contributed by atoms with Crippen LogP contribution in [0.5, 0.6) is 0 Å². The molecule has 0 saturated heterocycles. The molecule has 4 rings (SSSR count). The molecule has 0 aliphatic heterocycles. The fourth-order valence-corrected chi connectivity index (χ4v) is 4.35. The van der Waals surface area contributed by atoms with Gasteiger partial charge in [-0.05, 0) is 111 Å². The molecule has 2 aromatic carbocycles. The van der Waals surface area contributed by atoms with Crippen LogP contribution in [0.1, 0.15) is 38.7 Å². The van der Waals surface area contributed by atoms with Gasteiger partial charge in [-0.15, -0.1) is 0 Å². The average Bonchev–Trinajstić information content (AvgIpc) is 3.26. The number of benzene rings is 2. The van der Waals surface area contributed by atoms with Crippen molar-refractivity contribution in [3.8, 4) is 11.4 Å². The number of hydrazone groups is 1. The van der Waals surface area contributed by atoms with Crippen LogP contribution in [-0.2, 0) is 0 Å². The maximum atomic E-state index is 12.7. The van der Waals surface area contributed by atoms with Gasteiger partial charge >= 0.3 is 0 Å². The van der Waals surface area contributed by atoms with Crippen LogP contribution < -0.4 is 5.43 Å². The molecule has 0 bridgehead atoms. The van der Waals surface area contributed by atoms with Crippen LogP contribution in [0.15, 0.2) is 71.8 Å². The van der Waals surface area contributed by atoms with E-state index >= 15 is 0 Å². The van der Waals surface area contributed by atoms with Crippen LogP contribution in [0.2, 0.25) is 0 Å². The first-order chi connectivity index (χ1) is 15.3. The number of carbonyl (C=O) groups is 1. The molecule has 4 aromatic rings. The molecule has 6 heteroatoms. The summed E-state index contributed by atoms with van der Waals surface area (Å²) in [5.74, 6) is -0.239. The van der Waals surface area contributed by atoms with E-state index in [9.17, 15) is 4.79 Å². The molecule has 1 N–H and O–H groups in total. The molecule has 2 aromatic heterocycles. The number of nitrogens with zero attached hydrogens (tertiary/aromatic N) is 3. The predicted molar refractivity (Wildman–Crippen MR) is 138 cm³/mol. The normalized spacial score (nSPS) is 11.3. The van der Waals surface area contributed by atoms with Gasteiger partial charge in [0.05, 0.1) is 6.21 Å². The zero-order valence-electron chi connectivity index (χ0n) is 18.6. The van der Waals surface area contributed by atoms with E-state index in [1.54, 1.807) is 12.3 Å². The topological polar surface area (TPSA) is 51.3 Å². The molecule has 0 unspecified atom stereocenters. The van der Waals surface area contributed by atoms with Gasteiger partial charge in [-0.3, -0.25) is 4.79 Å². The van der Waals surface area contributed by atoms with Gasteiger partial charge in [0.2, 0.25) is 0 Å². The molecule has 162 valence electrons. The van der Waals surface area contributed by atoms with Crippen molar-refractivity contribution in [2.24, 2.45) is 5.10 Å². The highest BCUT2D eigenvalue weighted by molar-refractivity contribution is 14.1. The van der Waals surface area contributed by atoms with Gasteiger partial charge in [0.25, 0.3) is 5.91 Å². The summed E-state index contributed by atoms with van der Waals surface area (Å²) in [6.45, 7) is 8.23. The molecule has 1 amide bonds. The summed E-state index contributed by atoms with van der Waals surface area (Å²) in [7, 11) is 0. The Labute approximate surface area is 201 Å². The Balaban J connectivity index is 1.52. The third-order valence-electron chi connectivity index (χ3n) is 5.56. The van der Waals surface area contributed by atoms with Crippen molar-refractivity contribution in [3.63, 3.8) is 0 Å². The number of amides is 1.